The first kappa shape index (κ1) is 15.9. The minimum absolute atomic E-state index is 0.0201. The first-order valence-corrected chi connectivity index (χ1v) is 8.04. The van der Waals surface area contributed by atoms with E-state index in [1.54, 1.807) is 6.92 Å². The second-order valence-electron chi connectivity index (χ2n) is 5.19. The molecule has 1 amide bonds. The van der Waals surface area contributed by atoms with Crippen LogP contribution in [0.15, 0.2) is 5.38 Å². The molecule has 2 N–H and O–H groups in total. The zero-order valence-electron chi connectivity index (χ0n) is 12.0. The van der Waals surface area contributed by atoms with Gasteiger partial charge >= 0.3 is 5.97 Å². The lowest BCUT2D eigenvalue weighted by Crippen LogP contribution is -2.28. The molecule has 1 aromatic rings. The number of nitrogens with zero attached hydrogens (tertiary/aromatic N) is 1. The van der Waals surface area contributed by atoms with Crippen LogP contribution in [0.3, 0.4) is 0 Å². The average molecular weight is 312 g/mol. The summed E-state index contributed by atoms with van der Waals surface area (Å²) in [6, 6.07) is -0.275. The van der Waals surface area contributed by atoms with Gasteiger partial charge in [0.2, 0.25) is 5.91 Å². The Hall–Kier alpha value is -1.47. The minimum atomic E-state index is -1.05. The van der Waals surface area contributed by atoms with Crippen LogP contribution < -0.4 is 5.32 Å². The molecule has 1 aliphatic rings. The number of carbonyl (C=O) groups excluding carboxylic acids is 1. The van der Waals surface area contributed by atoms with Crippen molar-refractivity contribution in [2.75, 3.05) is 6.61 Å². The molecule has 0 saturated carbocycles. The van der Waals surface area contributed by atoms with Crippen LogP contribution in [0.2, 0.25) is 0 Å². The van der Waals surface area contributed by atoms with Gasteiger partial charge in [-0.05, 0) is 32.6 Å². The zero-order valence-corrected chi connectivity index (χ0v) is 12.8. The van der Waals surface area contributed by atoms with Crippen LogP contribution in [-0.4, -0.2) is 34.7 Å². The van der Waals surface area contributed by atoms with Crippen molar-refractivity contribution >= 4 is 23.2 Å². The Kier molecular flexibility index (Phi) is 5.69. The normalized spacial score (nSPS) is 20.0. The fraction of sp³-hybridized carbons (Fsp3) is 0.643. The van der Waals surface area contributed by atoms with Gasteiger partial charge in [-0.2, -0.15) is 0 Å². The summed E-state index contributed by atoms with van der Waals surface area (Å²) in [6.07, 6.45) is 4.65. The summed E-state index contributed by atoms with van der Waals surface area (Å²) in [7, 11) is 0. The van der Waals surface area contributed by atoms with Crippen molar-refractivity contribution in [3.05, 3.63) is 16.1 Å². The number of nitrogens with one attached hydrogen (secondary N) is 1. The molecule has 2 rings (SSSR count). The lowest BCUT2D eigenvalue weighted by atomic mass is 10.0. The summed E-state index contributed by atoms with van der Waals surface area (Å²) in [6.45, 7) is 2.60. The summed E-state index contributed by atoms with van der Waals surface area (Å²) in [4.78, 5) is 26.7. The Labute approximate surface area is 127 Å². The molecule has 0 bridgehead atoms. The maximum absolute atomic E-state index is 11.9. The Morgan fingerprint density at radius 3 is 3.00 bits per heavy atom. The maximum atomic E-state index is 11.9. The number of carbonyl (C=O) groups is 2. The largest absolute Gasteiger partial charge is 0.476 e. The highest BCUT2D eigenvalue weighted by atomic mass is 32.1. The highest BCUT2D eigenvalue weighted by Crippen LogP contribution is 2.19. The van der Waals surface area contributed by atoms with Gasteiger partial charge in [-0.1, -0.05) is 0 Å². The van der Waals surface area contributed by atoms with Crippen molar-refractivity contribution in [1.82, 2.24) is 10.3 Å². The van der Waals surface area contributed by atoms with E-state index in [4.69, 9.17) is 9.84 Å². The van der Waals surface area contributed by atoms with Gasteiger partial charge in [0.15, 0.2) is 5.69 Å². The van der Waals surface area contributed by atoms with Crippen LogP contribution in [0, 0.1) is 0 Å². The van der Waals surface area contributed by atoms with E-state index in [2.05, 4.69) is 10.3 Å². The summed E-state index contributed by atoms with van der Waals surface area (Å²) in [5, 5.41) is 13.8. The second-order valence-corrected chi connectivity index (χ2v) is 6.08. The topological polar surface area (TPSA) is 88.5 Å². The van der Waals surface area contributed by atoms with Crippen LogP contribution in [0.25, 0.3) is 0 Å². The number of thiazole rings is 1. The first-order valence-electron chi connectivity index (χ1n) is 7.16. The van der Waals surface area contributed by atoms with Crippen LogP contribution in [0.5, 0.6) is 0 Å². The number of rotatable bonds is 6. The zero-order chi connectivity index (χ0) is 15.2. The highest BCUT2D eigenvalue weighted by molar-refractivity contribution is 7.09. The predicted molar refractivity (Wildman–Crippen MR) is 78.5 cm³/mol. The SMILES string of the molecule is CC(NC(=O)CCC1CCCCO1)c1nc(C(=O)O)cs1. The van der Waals surface area contributed by atoms with Crippen molar-refractivity contribution in [3.63, 3.8) is 0 Å². The van der Waals surface area contributed by atoms with E-state index in [-0.39, 0.29) is 23.7 Å². The number of hydrogen-bond donors (Lipinski definition) is 2. The lowest BCUT2D eigenvalue weighted by Gasteiger charge is -2.22. The van der Waals surface area contributed by atoms with Gasteiger partial charge in [-0.15, -0.1) is 11.3 Å². The Morgan fingerprint density at radius 1 is 1.57 bits per heavy atom. The van der Waals surface area contributed by atoms with E-state index in [9.17, 15) is 9.59 Å². The molecule has 2 unspecified atom stereocenters. The van der Waals surface area contributed by atoms with Crippen LogP contribution >= 0.6 is 11.3 Å². The molecule has 0 radical (unpaired) electrons. The van der Waals surface area contributed by atoms with Crippen molar-refractivity contribution in [1.29, 1.82) is 0 Å². The Morgan fingerprint density at radius 2 is 2.38 bits per heavy atom. The fourth-order valence-electron chi connectivity index (χ4n) is 2.29. The minimum Gasteiger partial charge on any atom is -0.476 e. The summed E-state index contributed by atoms with van der Waals surface area (Å²) < 4.78 is 5.59. The molecule has 0 aliphatic carbocycles. The van der Waals surface area contributed by atoms with E-state index >= 15 is 0 Å². The van der Waals surface area contributed by atoms with Crippen LogP contribution in [0.4, 0.5) is 0 Å². The smallest absolute Gasteiger partial charge is 0.355 e. The molecule has 1 aromatic heterocycles. The van der Waals surface area contributed by atoms with Crippen LogP contribution in [0.1, 0.15) is 60.6 Å². The summed E-state index contributed by atoms with van der Waals surface area (Å²) in [5.41, 5.74) is 0.0201. The molecular weight excluding hydrogens is 292 g/mol. The average Bonchev–Trinajstić information content (AvgIpc) is 2.96. The lowest BCUT2D eigenvalue weighted by molar-refractivity contribution is -0.122. The molecule has 7 heteroatoms. The van der Waals surface area contributed by atoms with E-state index in [1.807, 2.05) is 0 Å². The molecule has 2 atom stereocenters. The van der Waals surface area contributed by atoms with E-state index in [0.29, 0.717) is 11.4 Å². The third-order valence-electron chi connectivity index (χ3n) is 3.46. The molecular formula is C14H20N2O4S. The van der Waals surface area contributed by atoms with E-state index < -0.39 is 5.97 Å². The third-order valence-corrected chi connectivity index (χ3v) is 4.48. The monoisotopic (exact) mass is 312 g/mol. The molecule has 116 valence electrons. The Bertz CT molecular complexity index is 497. The van der Waals surface area contributed by atoms with Crippen molar-refractivity contribution in [2.24, 2.45) is 0 Å². The molecule has 21 heavy (non-hydrogen) atoms. The molecule has 1 aliphatic heterocycles. The fourth-order valence-corrected chi connectivity index (χ4v) is 3.09. The van der Waals surface area contributed by atoms with Gasteiger partial charge in [0.1, 0.15) is 5.01 Å². The number of ether oxygens (including phenoxy) is 1. The number of aromatic nitrogens is 1. The van der Waals surface area contributed by atoms with E-state index in [0.717, 1.165) is 25.9 Å². The van der Waals surface area contributed by atoms with Crippen LogP contribution in [-0.2, 0) is 9.53 Å². The molecule has 0 aromatic carbocycles. The molecule has 2 heterocycles. The Balaban J connectivity index is 1.76. The second kappa shape index (κ2) is 7.51. The number of hydrogen-bond acceptors (Lipinski definition) is 5. The standard InChI is InChI=1S/C14H20N2O4S/c1-9(13-16-11(8-21-13)14(18)19)15-12(17)6-5-10-4-2-3-7-20-10/h8-10H,2-7H2,1H3,(H,15,17)(H,18,19). The van der Waals surface area contributed by atoms with Crippen molar-refractivity contribution in [3.8, 4) is 0 Å². The first-order chi connectivity index (χ1) is 10.1. The number of amides is 1. The molecule has 1 fully saturated rings. The van der Waals surface area contributed by atoms with Gasteiger partial charge in [0, 0.05) is 18.4 Å². The maximum Gasteiger partial charge on any atom is 0.355 e. The van der Waals surface area contributed by atoms with E-state index in [1.165, 1.54) is 23.1 Å². The number of carboxylic acid groups (broad SMARTS) is 1. The quantitative estimate of drug-likeness (QED) is 0.842. The number of aromatic carboxylic acids is 1. The van der Waals surface area contributed by atoms with Gasteiger partial charge in [-0.3, -0.25) is 4.79 Å². The highest BCUT2D eigenvalue weighted by Gasteiger charge is 2.18. The number of carboxylic acids is 1. The third kappa shape index (κ3) is 4.78. The van der Waals surface area contributed by atoms with Gasteiger partial charge in [0.05, 0.1) is 12.1 Å². The van der Waals surface area contributed by atoms with Gasteiger partial charge in [-0.25, -0.2) is 9.78 Å². The molecule has 6 nitrogen and oxygen atoms in total. The molecule has 1 saturated heterocycles. The van der Waals surface area contributed by atoms with Crippen molar-refractivity contribution in [2.45, 2.75) is 51.2 Å². The molecule has 0 spiro atoms. The predicted octanol–water partition coefficient (Wildman–Crippen LogP) is 2.37. The van der Waals surface area contributed by atoms with Gasteiger partial charge in [0.25, 0.3) is 0 Å². The summed E-state index contributed by atoms with van der Waals surface area (Å²) in [5.74, 6) is -1.10. The summed E-state index contributed by atoms with van der Waals surface area (Å²) >= 11 is 1.24. The van der Waals surface area contributed by atoms with Gasteiger partial charge < -0.3 is 15.2 Å². The van der Waals surface area contributed by atoms with Crippen molar-refractivity contribution < 1.29 is 19.4 Å².